The van der Waals surface area contributed by atoms with Crippen LogP contribution in [0.25, 0.3) is 0 Å². The number of nitrogens with one attached hydrogen (secondary N) is 1. The maximum atomic E-state index is 12.9. The smallest absolute Gasteiger partial charge is 0.254 e. The molecule has 0 saturated heterocycles. The molecular formula is C18H18N2O2S2. The Labute approximate surface area is 149 Å². The molecule has 0 radical (unpaired) electrons. The first-order valence-electron chi connectivity index (χ1n) is 7.66. The molecule has 1 aromatic carbocycles. The molecule has 0 aliphatic carbocycles. The van der Waals surface area contributed by atoms with E-state index in [1.54, 1.807) is 40.1 Å². The molecule has 0 spiro atoms. The summed E-state index contributed by atoms with van der Waals surface area (Å²) in [5.74, 6) is 0.689. The van der Waals surface area contributed by atoms with Crippen molar-refractivity contribution in [3.63, 3.8) is 0 Å². The summed E-state index contributed by atoms with van der Waals surface area (Å²) in [6.45, 7) is 4.78. The van der Waals surface area contributed by atoms with Crippen molar-refractivity contribution in [2.75, 3.05) is 17.6 Å². The van der Waals surface area contributed by atoms with Gasteiger partial charge in [-0.05, 0) is 29.6 Å². The lowest BCUT2D eigenvalue weighted by atomic mass is 10.1. The second-order valence-corrected chi connectivity index (χ2v) is 7.58. The predicted molar refractivity (Wildman–Crippen MR) is 99.7 cm³/mol. The highest BCUT2D eigenvalue weighted by Crippen LogP contribution is 2.32. The lowest BCUT2D eigenvalue weighted by molar-refractivity contribution is -0.115. The van der Waals surface area contributed by atoms with E-state index >= 15 is 0 Å². The van der Waals surface area contributed by atoms with Crippen LogP contribution in [-0.2, 0) is 11.3 Å². The van der Waals surface area contributed by atoms with Crippen molar-refractivity contribution in [2.24, 2.45) is 0 Å². The standard InChI is InChI=1S/C18H18N2O2S2/c1-2-8-20(12-14-4-3-9-23-14)18(22)13-5-6-16-15(11-13)19-17(21)7-10-24-16/h2-6,9,11H,1,7-8,10,12H2,(H,19,21). The number of thiophene rings is 1. The fraction of sp³-hybridized carbons (Fsp3) is 0.222. The third kappa shape index (κ3) is 3.88. The maximum absolute atomic E-state index is 12.9. The SMILES string of the molecule is C=CCN(Cc1cccs1)C(=O)c1ccc2c(c1)NC(=O)CCS2. The van der Waals surface area contributed by atoms with Gasteiger partial charge in [0.1, 0.15) is 0 Å². The van der Waals surface area contributed by atoms with Gasteiger partial charge in [-0.25, -0.2) is 0 Å². The van der Waals surface area contributed by atoms with E-state index in [2.05, 4.69) is 11.9 Å². The number of anilines is 1. The van der Waals surface area contributed by atoms with Gasteiger partial charge in [-0.3, -0.25) is 9.59 Å². The minimum atomic E-state index is -0.0606. The topological polar surface area (TPSA) is 49.4 Å². The molecule has 0 fully saturated rings. The Bertz CT molecular complexity index is 756. The van der Waals surface area contributed by atoms with Crippen LogP contribution in [0.2, 0.25) is 0 Å². The quantitative estimate of drug-likeness (QED) is 0.822. The van der Waals surface area contributed by atoms with Crippen LogP contribution in [0.5, 0.6) is 0 Å². The van der Waals surface area contributed by atoms with Crippen molar-refractivity contribution in [2.45, 2.75) is 17.9 Å². The molecule has 124 valence electrons. The average molecular weight is 358 g/mol. The highest BCUT2D eigenvalue weighted by molar-refractivity contribution is 7.99. The van der Waals surface area contributed by atoms with Crippen molar-refractivity contribution in [1.29, 1.82) is 0 Å². The van der Waals surface area contributed by atoms with Crippen LogP contribution in [0.4, 0.5) is 5.69 Å². The molecule has 2 amide bonds. The van der Waals surface area contributed by atoms with Gasteiger partial charge in [0.2, 0.25) is 5.91 Å². The average Bonchev–Trinajstić information content (AvgIpc) is 3.00. The van der Waals surface area contributed by atoms with Crippen LogP contribution in [0.15, 0.2) is 53.3 Å². The summed E-state index contributed by atoms with van der Waals surface area (Å²) in [4.78, 5) is 28.5. The van der Waals surface area contributed by atoms with E-state index in [1.807, 2.05) is 29.6 Å². The number of fused-ring (bicyclic) bond motifs is 1. The van der Waals surface area contributed by atoms with Gasteiger partial charge >= 0.3 is 0 Å². The molecular weight excluding hydrogens is 340 g/mol. The Morgan fingerprint density at radius 2 is 2.25 bits per heavy atom. The van der Waals surface area contributed by atoms with Crippen LogP contribution >= 0.6 is 23.1 Å². The summed E-state index contributed by atoms with van der Waals surface area (Å²) in [6, 6.07) is 9.51. The van der Waals surface area contributed by atoms with Gasteiger partial charge in [0, 0.05) is 34.1 Å². The summed E-state index contributed by atoms with van der Waals surface area (Å²) < 4.78 is 0. The van der Waals surface area contributed by atoms with Crippen LogP contribution in [0, 0.1) is 0 Å². The molecule has 4 nitrogen and oxygen atoms in total. The van der Waals surface area contributed by atoms with Gasteiger partial charge in [-0.1, -0.05) is 12.1 Å². The van der Waals surface area contributed by atoms with Crippen molar-refractivity contribution < 1.29 is 9.59 Å². The molecule has 2 aromatic rings. The van der Waals surface area contributed by atoms with E-state index in [9.17, 15) is 9.59 Å². The van der Waals surface area contributed by atoms with Crippen LogP contribution in [-0.4, -0.2) is 29.0 Å². The minimum Gasteiger partial charge on any atom is -0.330 e. The molecule has 2 heterocycles. The molecule has 1 aromatic heterocycles. The number of carbonyl (C=O) groups excluding carboxylic acids is 2. The molecule has 1 aliphatic heterocycles. The molecule has 0 unspecified atom stereocenters. The van der Waals surface area contributed by atoms with Gasteiger partial charge in [-0.15, -0.1) is 29.7 Å². The fourth-order valence-corrected chi connectivity index (χ4v) is 4.16. The fourth-order valence-electron chi connectivity index (χ4n) is 2.50. The molecule has 0 saturated carbocycles. The zero-order chi connectivity index (χ0) is 16.9. The summed E-state index contributed by atoms with van der Waals surface area (Å²) in [6.07, 6.45) is 2.22. The summed E-state index contributed by atoms with van der Waals surface area (Å²) in [5, 5.41) is 4.89. The maximum Gasteiger partial charge on any atom is 0.254 e. The van der Waals surface area contributed by atoms with E-state index in [1.165, 1.54) is 0 Å². The number of thioether (sulfide) groups is 1. The molecule has 24 heavy (non-hydrogen) atoms. The molecule has 0 atom stereocenters. The van der Waals surface area contributed by atoms with Crippen LogP contribution in [0.1, 0.15) is 21.7 Å². The van der Waals surface area contributed by atoms with Crippen molar-refractivity contribution in [1.82, 2.24) is 4.90 Å². The number of amides is 2. The lowest BCUT2D eigenvalue weighted by Crippen LogP contribution is -2.30. The zero-order valence-electron chi connectivity index (χ0n) is 13.2. The largest absolute Gasteiger partial charge is 0.330 e. The summed E-state index contributed by atoms with van der Waals surface area (Å²) >= 11 is 3.26. The number of benzene rings is 1. The second kappa shape index (κ2) is 7.68. The Kier molecular flexibility index (Phi) is 5.37. The number of rotatable bonds is 5. The predicted octanol–water partition coefficient (Wildman–Crippen LogP) is 4.01. The van der Waals surface area contributed by atoms with E-state index < -0.39 is 0 Å². The van der Waals surface area contributed by atoms with Gasteiger partial charge in [0.05, 0.1) is 12.2 Å². The van der Waals surface area contributed by atoms with E-state index in [4.69, 9.17) is 0 Å². The first-order chi connectivity index (χ1) is 11.7. The number of nitrogens with zero attached hydrogens (tertiary/aromatic N) is 1. The monoisotopic (exact) mass is 358 g/mol. The third-order valence-electron chi connectivity index (χ3n) is 3.65. The molecule has 1 N–H and O–H groups in total. The number of carbonyl (C=O) groups is 2. The van der Waals surface area contributed by atoms with Crippen molar-refractivity contribution in [3.8, 4) is 0 Å². The van der Waals surface area contributed by atoms with E-state index in [-0.39, 0.29) is 11.8 Å². The van der Waals surface area contributed by atoms with Gasteiger partial charge in [0.15, 0.2) is 0 Å². The van der Waals surface area contributed by atoms with E-state index in [0.717, 1.165) is 21.2 Å². The lowest BCUT2D eigenvalue weighted by Gasteiger charge is -2.21. The Hall–Kier alpha value is -2.05. The molecule has 0 bridgehead atoms. The first-order valence-corrected chi connectivity index (χ1v) is 9.53. The van der Waals surface area contributed by atoms with Gasteiger partial charge in [0.25, 0.3) is 5.91 Å². The van der Waals surface area contributed by atoms with Crippen molar-refractivity contribution in [3.05, 3.63) is 58.8 Å². The van der Waals surface area contributed by atoms with Crippen LogP contribution in [0.3, 0.4) is 0 Å². The second-order valence-electron chi connectivity index (χ2n) is 5.41. The van der Waals surface area contributed by atoms with Gasteiger partial charge in [-0.2, -0.15) is 0 Å². The van der Waals surface area contributed by atoms with Gasteiger partial charge < -0.3 is 10.2 Å². The van der Waals surface area contributed by atoms with E-state index in [0.29, 0.717) is 25.1 Å². The van der Waals surface area contributed by atoms with Crippen LogP contribution < -0.4 is 5.32 Å². The molecule has 3 rings (SSSR count). The Morgan fingerprint density at radius 3 is 3.00 bits per heavy atom. The Morgan fingerprint density at radius 1 is 1.38 bits per heavy atom. The third-order valence-corrected chi connectivity index (χ3v) is 5.59. The molecule has 6 heteroatoms. The van der Waals surface area contributed by atoms with Crippen molar-refractivity contribution >= 4 is 40.6 Å². The minimum absolute atomic E-state index is 0.00705. The summed E-state index contributed by atoms with van der Waals surface area (Å²) in [5.41, 5.74) is 1.30. The number of hydrogen-bond donors (Lipinski definition) is 1. The highest BCUT2D eigenvalue weighted by Gasteiger charge is 2.19. The highest BCUT2D eigenvalue weighted by atomic mass is 32.2. The first kappa shape index (κ1) is 16.8. The normalized spacial score (nSPS) is 13.6. The molecule has 1 aliphatic rings. The Balaban J connectivity index is 1.84. The summed E-state index contributed by atoms with van der Waals surface area (Å²) in [7, 11) is 0. The number of hydrogen-bond acceptors (Lipinski definition) is 4. The zero-order valence-corrected chi connectivity index (χ0v) is 14.8.